The second kappa shape index (κ2) is 7.81. The first-order valence-corrected chi connectivity index (χ1v) is 8.02. The number of allylic oxidation sites excluding steroid dienone is 1. The molecule has 0 fully saturated rings. The minimum atomic E-state index is -0.137. The Hall–Kier alpha value is -1.56. The summed E-state index contributed by atoms with van der Waals surface area (Å²) < 4.78 is 10.8. The summed E-state index contributed by atoms with van der Waals surface area (Å²) in [5.74, 6) is 0.276. The summed E-state index contributed by atoms with van der Waals surface area (Å²) in [4.78, 5) is 2.25. The number of hydrogen-bond donors (Lipinski definition) is 2. The molecule has 5 heteroatoms. The first-order valence-electron chi connectivity index (χ1n) is 8.02. The van der Waals surface area contributed by atoms with Crippen molar-refractivity contribution < 1.29 is 19.7 Å². The van der Waals surface area contributed by atoms with E-state index in [0.717, 1.165) is 17.8 Å². The lowest BCUT2D eigenvalue weighted by molar-refractivity contribution is 0.0346. The Morgan fingerprint density at radius 3 is 2.48 bits per heavy atom. The first-order chi connectivity index (χ1) is 11.0. The highest BCUT2D eigenvalue weighted by Crippen LogP contribution is 2.40. The molecule has 1 aliphatic rings. The average molecular weight is 321 g/mol. The molecule has 0 atom stereocenters. The van der Waals surface area contributed by atoms with Gasteiger partial charge in [0.1, 0.15) is 5.75 Å². The Labute approximate surface area is 138 Å². The number of hydrogen-bond acceptors (Lipinski definition) is 5. The summed E-state index contributed by atoms with van der Waals surface area (Å²) in [6, 6.07) is 5.50. The van der Waals surface area contributed by atoms with E-state index < -0.39 is 0 Å². The summed E-state index contributed by atoms with van der Waals surface area (Å²) in [5.41, 5.74) is 3.27. The summed E-state index contributed by atoms with van der Waals surface area (Å²) in [7, 11) is 0. The van der Waals surface area contributed by atoms with E-state index in [9.17, 15) is 5.11 Å². The van der Waals surface area contributed by atoms with Crippen molar-refractivity contribution in [1.29, 1.82) is 0 Å². The van der Waals surface area contributed by atoms with Crippen LogP contribution in [0.5, 0.6) is 5.75 Å². The van der Waals surface area contributed by atoms with Crippen molar-refractivity contribution in [2.75, 3.05) is 44.5 Å². The summed E-state index contributed by atoms with van der Waals surface area (Å²) >= 11 is 0. The van der Waals surface area contributed by atoms with Crippen LogP contribution in [0, 0.1) is 0 Å². The van der Waals surface area contributed by atoms with Crippen molar-refractivity contribution in [2.24, 2.45) is 0 Å². The van der Waals surface area contributed by atoms with Crippen molar-refractivity contribution in [1.82, 2.24) is 0 Å². The third-order valence-electron chi connectivity index (χ3n) is 4.03. The van der Waals surface area contributed by atoms with Crippen LogP contribution in [0.3, 0.4) is 0 Å². The lowest BCUT2D eigenvalue weighted by Crippen LogP contribution is -2.46. The van der Waals surface area contributed by atoms with Gasteiger partial charge in [-0.25, -0.2) is 0 Å². The molecule has 0 aromatic heterocycles. The quantitative estimate of drug-likeness (QED) is 0.720. The van der Waals surface area contributed by atoms with Gasteiger partial charge in [0.25, 0.3) is 0 Å². The minimum Gasteiger partial charge on any atom is -0.508 e. The van der Waals surface area contributed by atoms with E-state index in [4.69, 9.17) is 14.6 Å². The van der Waals surface area contributed by atoms with Gasteiger partial charge >= 0.3 is 0 Å². The number of phenolic OH excluding ortho intramolecular Hbond substituents is 1. The molecule has 0 unspecified atom stereocenters. The van der Waals surface area contributed by atoms with Gasteiger partial charge in [-0.05, 0) is 38.5 Å². The highest BCUT2D eigenvalue weighted by atomic mass is 16.5. The van der Waals surface area contributed by atoms with Crippen LogP contribution in [-0.4, -0.2) is 55.3 Å². The molecule has 0 spiro atoms. The van der Waals surface area contributed by atoms with Gasteiger partial charge in [-0.3, -0.25) is 0 Å². The summed E-state index contributed by atoms with van der Waals surface area (Å²) in [5, 5.41) is 18.5. The third kappa shape index (κ3) is 4.47. The van der Waals surface area contributed by atoms with Crippen LogP contribution in [0.4, 0.5) is 5.69 Å². The maximum Gasteiger partial charge on any atom is 0.117 e. The molecule has 2 rings (SSSR count). The van der Waals surface area contributed by atoms with E-state index in [1.807, 2.05) is 12.1 Å². The second-order valence-electron chi connectivity index (χ2n) is 6.28. The van der Waals surface area contributed by atoms with Crippen molar-refractivity contribution in [2.45, 2.75) is 26.3 Å². The highest BCUT2D eigenvalue weighted by molar-refractivity contribution is 5.81. The normalized spacial score (nSPS) is 16.2. The average Bonchev–Trinajstić information content (AvgIpc) is 2.48. The van der Waals surface area contributed by atoms with Gasteiger partial charge < -0.3 is 24.6 Å². The van der Waals surface area contributed by atoms with Gasteiger partial charge in [0.15, 0.2) is 0 Å². The molecule has 1 aliphatic heterocycles. The predicted octanol–water partition coefficient (Wildman–Crippen LogP) is 2.42. The molecule has 128 valence electrons. The second-order valence-corrected chi connectivity index (χ2v) is 6.28. The topological polar surface area (TPSA) is 62.2 Å². The Morgan fingerprint density at radius 2 is 1.78 bits per heavy atom. The third-order valence-corrected chi connectivity index (χ3v) is 4.03. The fourth-order valence-corrected chi connectivity index (χ4v) is 3.02. The van der Waals surface area contributed by atoms with E-state index in [-0.39, 0.29) is 17.9 Å². The zero-order chi connectivity index (χ0) is 16.9. The molecule has 0 saturated heterocycles. The number of nitrogens with zero attached hydrogens (tertiary/aromatic N) is 1. The monoisotopic (exact) mass is 321 g/mol. The number of phenols is 1. The Balaban J connectivity index is 1.99. The molecule has 0 amide bonds. The summed E-state index contributed by atoms with van der Waals surface area (Å²) in [6.07, 6.45) is 2.25. The van der Waals surface area contributed by atoms with Gasteiger partial charge in [-0.15, -0.1) is 0 Å². The van der Waals surface area contributed by atoms with Crippen LogP contribution in [-0.2, 0) is 9.47 Å². The van der Waals surface area contributed by atoms with E-state index in [1.165, 1.54) is 5.57 Å². The van der Waals surface area contributed by atoms with Crippen LogP contribution >= 0.6 is 0 Å². The van der Waals surface area contributed by atoms with Crippen LogP contribution in [0.1, 0.15) is 26.3 Å². The zero-order valence-electron chi connectivity index (χ0n) is 14.2. The number of fused-ring (bicyclic) bond motifs is 1. The Bertz CT molecular complexity index is 554. The Kier molecular flexibility index (Phi) is 6.04. The number of anilines is 1. The van der Waals surface area contributed by atoms with E-state index >= 15 is 0 Å². The molecule has 1 heterocycles. The molecule has 0 aliphatic carbocycles. The number of aromatic hydroxyl groups is 1. The molecular formula is C18H27NO4. The van der Waals surface area contributed by atoms with Crippen LogP contribution < -0.4 is 4.90 Å². The van der Waals surface area contributed by atoms with Crippen LogP contribution in [0.25, 0.3) is 5.57 Å². The van der Waals surface area contributed by atoms with Crippen molar-refractivity contribution >= 4 is 11.3 Å². The molecule has 2 N–H and O–H groups in total. The molecule has 0 bridgehead atoms. The van der Waals surface area contributed by atoms with Crippen molar-refractivity contribution in [3.8, 4) is 5.75 Å². The highest BCUT2D eigenvalue weighted by Gasteiger charge is 2.31. The minimum absolute atomic E-state index is 0.0356. The van der Waals surface area contributed by atoms with Gasteiger partial charge in [0.05, 0.1) is 38.6 Å². The lowest BCUT2D eigenvalue weighted by atomic mass is 9.89. The number of rotatable bonds is 8. The predicted molar refractivity (Wildman–Crippen MR) is 91.9 cm³/mol. The van der Waals surface area contributed by atoms with E-state index in [0.29, 0.717) is 26.4 Å². The van der Waals surface area contributed by atoms with Crippen LogP contribution in [0.15, 0.2) is 24.3 Å². The largest absolute Gasteiger partial charge is 0.508 e. The molecule has 0 radical (unpaired) electrons. The zero-order valence-corrected chi connectivity index (χ0v) is 14.2. The maximum absolute atomic E-state index is 9.84. The standard InChI is InChI=1S/C18H27NO4/c1-14-13-18(2,3)19(6-8-22-10-11-23-9-7-20)17-12-15(21)4-5-16(14)17/h4-5,12-13,20-21H,6-11H2,1-3H3. The lowest BCUT2D eigenvalue weighted by Gasteiger charge is -2.43. The SMILES string of the molecule is CC1=CC(C)(C)N(CCOCCOCCO)c2cc(O)ccc21. The molecule has 0 saturated carbocycles. The smallest absolute Gasteiger partial charge is 0.117 e. The van der Waals surface area contributed by atoms with E-state index in [1.54, 1.807) is 6.07 Å². The first kappa shape index (κ1) is 17.8. The van der Waals surface area contributed by atoms with Gasteiger partial charge in [0, 0.05) is 23.9 Å². The van der Waals surface area contributed by atoms with E-state index in [2.05, 4.69) is 31.7 Å². The summed E-state index contributed by atoms with van der Waals surface area (Å²) in [6.45, 7) is 9.11. The number of ether oxygens (including phenoxy) is 2. The van der Waals surface area contributed by atoms with Crippen molar-refractivity contribution in [3.05, 3.63) is 29.8 Å². The fourth-order valence-electron chi connectivity index (χ4n) is 3.02. The van der Waals surface area contributed by atoms with Gasteiger partial charge in [-0.2, -0.15) is 0 Å². The fraction of sp³-hybridized carbons (Fsp3) is 0.556. The maximum atomic E-state index is 9.84. The number of aliphatic hydroxyl groups excluding tert-OH is 1. The Morgan fingerprint density at radius 1 is 1.09 bits per heavy atom. The van der Waals surface area contributed by atoms with Gasteiger partial charge in [0.2, 0.25) is 0 Å². The molecule has 1 aromatic rings. The molecule has 1 aromatic carbocycles. The number of aliphatic hydroxyl groups is 1. The molecule has 23 heavy (non-hydrogen) atoms. The molecule has 5 nitrogen and oxygen atoms in total. The number of benzene rings is 1. The molecular weight excluding hydrogens is 294 g/mol. The van der Waals surface area contributed by atoms with Crippen molar-refractivity contribution in [3.63, 3.8) is 0 Å². The van der Waals surface area contributed by atoms with Gasteiger partial charge in [-0.1, -0.05) is 6.08 Å². The van der Waals surface area contributed by atoms with Crippen LogP contribution in [0.2, 0.25) is 0 Å².